The molecule has 0 aliphatic heterocycles. The molecule has 30 heavy (non-hydrogen) atoms. The Hall–Kier alpha value is -2.91. The summed E-state index contributed by atoms with van der Waals surface area (Å²) in [6.45, 7) is 5.16. The van der Waals surface area contributed by atoms with Crippen LogP contribution in [0.15, 0.2) is 42.5 Å². The van der Waals surface area contributed by atoms with Crippen LogP contribution in [0.2, 0.25) is 0 Å². The van der Waals surface area contributed by atoms with Crippen molar-refractivity contribution in [2.75, 3.05) is 36.9 Å². The summed E-state index contributed by atoms with van der Waals surface area (Å²) in [5.41, 5.74) is 2.69. The second-order valence-corrected chi connectivity index (χ2v) is 9.00. The fourth-order valence-corrected chi connectivity index (χ4v) is 3.87. The Balaban J connectivity index is 2.31. The van der Waals surface area contributed by atoms with Gasteiger partial charge in [0.2, 0.25) is 5.91 Å². The average molecular weight is 434 g/mol. The van der Waals surface area contributed by atoms with Crippen LogP contribution in [0.3, 0.4) is 0 Å². The molecule has 0 aliphatic rings. The van der Waals surface area contributed by atoms with Gasteiger partial charge in [-0.15, -0.1) is 0 Å². The third-order valence-electron chi connectivity index (χ3n) is 4.32. The van der Waals surface area contributed by atoms with Crippen molar-refractivity contribution in [3.8, 4) is 0 Å². The number of hydrogen-bond donors (Lipinski definition) is 1. The van der Waals surface area contributed by atoms with Gasteiger partial charge in [-0.05, 0) is 56.2 Å². The number of carbonyl (C=O) groups excluding carboxylic acids is 2. The predicted molar refractivity (Wildman–Crippen MR) is 117 cm³/mol. The van der Waals surface area contributed by atoms with Gasteiger partial charge in [0.1, 0.15) is 6.54 Å². The number of esters is 1. The fourth-order valence-electron chi connectivity index (χ4n) is 2.75. The van der Waals surface area contributed by atoms with Crippen LogP contribution in [0.5, 0.6) is 0 Å². The molecule has 2 aromatic rings. The zero-order valence-corrected chi connectivity index (χ0v) is 18.6. The molecule has 2 aromatic carbocycles. The van der Waals surface area contributed by atoms with Gasteiger partial charge in [-0.3, -0.25) is 4.79 Å². The number of nitrogens with one attached hydrogen (secondary N) is 1. The molecule has 0 atom stereocenters. The first-order valence-electron chi connectivity index (χ1n) is 9.40. The highest BCUT2D eigenvalue weighted by Gasteiger charge is 2.28. The molecule has 8 nitrogen and oxygen atoms in total. The van der Waals surface area contributed by atoms with Crippen LogP contribution < -0.4 is 9.62 Å². The summed E-state index contributed by atoms with van der Waals surface area (Å²) >= 11 is 0. The number of hydrogen-bond acceptors (Lipinski definition) is 5. The topological polar surface area (TPSA) is 96.0 Å². The SMILES string of the molecule is CCOC(=O)c1cccc(NC(=O)CN(c2cc(C)ccc2C)S(=O)(=O)N(C)C)c1. The van der Waals surface area contributed by atoms with Crippen molar-refractivity contribution in [3.63, 3.8) is 0 Å². The van der Waals surface area contributed by atoms with Crippen molar-refractivity contribution in [1.82, 2.24) is 4.31 Å². The predicted octanol–water partition coefficient (Wildman–Crippen LogP) is 2.73. The number of carbonyl (C=O) groups is 2. The van der Waals surface area contributed by atoms with E-state index >= 15 is 0 Å². The third-order valence-corrected chi connectivity index (χ3v) is 6.12. The van der Waals surface area contributed by atoms with E-state index in [1.807, 2.05) is 19.1 Å². The molecule has 9 heteroatoms. The summed E-state index contributed by atoms with van der Waals surface area (Å²) in [5, 5.41) is 2.65. The molecule has 0 saturated carbocycles. The van der Waals surface area contributed by atoms with Gasteiger partial charge >= 0.3 is 16.2 Å². The first kappa shape index (κ1) is 23.4. The zero-order valence-electron chi connectivity index (χ0n) is 17.8. The van der Waals surface area contributed by atoms with E-state index in [9.17, 15) is 18.0 Å². The van der Waals surface area contributed by atoms with Crippen LogP contribution in [0.1, 0.15) is 28.4 Å². The highest BCUT2D eigenvalue weighted by atomic mass is 32.2. The number of aryl methyl sites for hydroxylation is 2. The lowest BCUT2D eigenvalue weighted by Crippen LogP contribution is -2.44. The summed E-state index contributed by atoms with van der Waals surface area (Å²) in [6.07, 6.45) is 0. The molecule has 0 fully saturated rings. The van der Waals surface area contributed by atoms with Gasteiger partial charge in [-0.25, -0.2) is 9.10 Å². The minimum absolute atomic E-state index is 0.239. The molecular formula is C21H27N3O5S. The van der Waals surface area contributed by atoms with E-state index in [0.29, 0.717) is 16.9 Å². The molecular weight excluding hydrogens is 406 g/mol. The van der Waals surface area contributed by atoms with Crippen molar-refractivity contribution in [1.29, 1.82) is 0 Å². The molecule has 1 N–H and O–H groups in total. The number of anilines is 2. The smallest absolute Gasteiger partial charge is 0.338 e. The molecule has 0 bridgehead atoms. The first-order valence-corrected chi connectivity index (χ1v) is 10.8. The van der Waals surface area contributed by atoms with Crippen LogP contribution in [0.25, 0.3) is 0 Å². The summed E-state index contributed by atoms with van der Waals surface area (Å²) in [5.74, 6) is -1.04. The second kappa shape index (κ2) is 9.73. The summed E-state index contributed by atoms with van der Waals surface area (Å²) in [6, 6.07) is 11.7. The van der Waals surface area contributed by atoms with E-state index in [2.05, 4.69) is 5.32 Å². The molecule has 162 valence electrons. The van der Waals surface area contributed by atoms with Gasteiger partial charge in [-0.2, -0.15) is 12.7 Å². The molecule has 0 saturated heterocycles. The maximum absolute atomic E-state index is 12.9. The van der Waals surface area contributed by atoms with Crippen molar-refractivity contribution in [2.24, 2.45) is 0 Å². The molecule has 0 aliphatic carbocycles. The molecule has 2 rings (SSSR count). The van der Waals surface area contributed by atoms with E-state index in [-0.39, 0.29) is 6.61 Å². The standard InChI is InChI=1S/C21H27N3O5S/c1-6-29-21(26)17-8-7-9-18(13-17)22-20(25)14-24(30(27,28)23(4)5)19-12-15(2)10-11-16(19)3/h7-13H,6,14H2,1-5H3,(H,22,25). The Bertz CT molecular complexity index is 1030. The number of nitrogens with zero attached hydrogens (tertiary/aromatic N) is 2. The monoisotopic (exact) mass is 433 g/mol. The minimum atomic E-state index is -3.92. The van der Waals surface area contributed by atoms with E-state index in [4.69, 9.17) is 4.74 Å². The Labute approximate surface area is 177 Å². The van der Waals surface area contributed by atoms with E-state index in [1.54, 1.807) is 38.1 Å². The van der Waals surface area contributed by atoms with Crippen molar-refractivity contribution >= 4 is 33.5 Å². The van der Waals surface area contributed by atoms with Crippen LogP contribution in [0, 0.1) is 13.8 Å². The van der Waals surface area contributed by atoms with Gasteiger partial charge in [0.25, 0.3) is 0 Å². The molecule has 0 aromatic heterocycles. The quantitative estimate of drug-likeness (QED) is 0.646. The number of ether oxygens (including phenoxy) is 1. The summed E-state index contributed by atoms with van der Waals surface area (Å²) in [4.78, 5) is 24.6. The Kier molecular flexibility index (Phi) is 7.58. The fraction of sp³-hybridized carbons (Fsp3) is 0.333. The summed E-state index contributed by atoms with van der Waals surface area (Å²) in [7, 11) is -1.09. The highest BCUT2D eigenvalue weighted by Crippen LogP contribution is 2.25. The van der Waals surface area contributed by atoms with Crippen LogP contribution >= 0.6 is 0 Å². The van der Waals surface area contributed by atoms with E-state index in [0.717, 1.165) is 19.7 Å². The van der Waals surface area contributed by atoms with Crippen LogP contribution in [0.4, 0.5) is 11.4 Å². The van der Waals surface area contributed by atoms with Gasteiger partial charge in [0, 0.05) is 19.8 Å². The number of rotatable bonds is 8. The normalized spacial score (nSPS) is 11.3. The van der Waals surface area contributed by atoms with Gasteiger partial charge in [0.05, 0.1) is 17.9 Å². The Morgan fingerprint density at radius 2 is 1.77 bits per heavy atom. The maximum atomic E-state index is 12.9. The van der Waals surface area contributed by atoms with E-state index in [1.165, 1.54) is 20.2 Å². The van der Waals surface area contributed by atoms with Crippen LogP contribution in [-0.2, 0) is 19.7 Å². The molecule has 0 unspecified atom stereocenters. The van der Waals surface area contributed by atoms with E-state index < -0.39 is 28.6 Å². The Morgan fingerprint density at radius 1 is 1.07 bits per heavy atom. The molecule has 0 heterocycles. The number of amides is 1. The first-order chi connectivity index (χ1) is 14.1. The minimum Gasteiger partial charge on any atom is -0.462 e. The third kappa shape index (κ3) is 5.58. The van der Waals surface area contributed by atoms with Gasteiger partial charge in [0.15, 0.2) is 0 Å². The van der Waals surface area contributed by atoms with Crippen molar-refractivity contribution in [2.45, 2.75) is 20.8 Å². The lowest BCUT2D eigenvalue weighted by Gasteiger charge is -2.28. The molecule has 0 radical (unpaired) electrons. The molecule has 0 spiro atoms. The number of benzene rings is 2. The zero-order chi connectivity index (χ0) is 22.5. The molecule has 1 amide bonds. The second-order valence-electron chi connectivity index (χ2n) is 6.94. The lowest BCUT2D eigenvalue weighted by molar-refractivity contribution is -0.114. The highest BCUT2D eigenvalue weighted by molar-refractivity contribution is 7.90. The average Bonchev–Trinajstić information content (AvgIpc) is 2.68. The largest absolute Gasteiger partial charge is 0.462 e. The van der Waals surface area contributed by atoms with Crippen molar-refractivity contribution in [3.05, 3.63) is 59.2 Å². The van der Waals surface area contributed by atoms with Gasteiger partial charge < -0.3 is 10.1 Å². The lowest BCUT2D eigenvalue weighted by atomic mass is 10.1. The van der Waals surface area contributed by atoms with Crippen LogP contribution in [-0.4, -0.2) is 51.8 Å². The Morgan fingerprint density at radius 3 is 2.40 bits per heavy atom. The summed E-state index contributed by atoms with van der Waals surface area (Å²) < 4.78 is 32.9. The van der Waals surface area contributed by atoms with Crippen molar-refractivity contribution < 1.29 is 22.7 Å². The van der Waals surface area contributed by atoms with Gasteiger partial charge in [-0.1, -0.05) is 18.2 Å². The maximum Gasteiger partial charge on any atom is 0.338 e.